The summed E-state index contributed by atoms with van der Waals surface area (Å²) in [6.07, 6.45) is 1.44. The van der Waals surface area contributed by atoms with Crippen LogP contribution >= 0.6 is 23.2 Å². The molecule has 30 heavy (non-hydrogen) atoms. The van der Waals surface area contributed by atoms with Gasteiger partial charge in [-0.2, -0.15) is 5.10 Å². The van der Waals surface area contributed by atoms with Gasteiger partial charge in [-0.15, -0.1) is 0 Å². The monoisotopic (exact) mass is 446 g/mol. The quantitative estimate of drug-likeness (QED) is 0.617. The van der Waals surface area contributed by atoms with Crippen molar-refractivity contribution in [3.8, 4) is 5.75 Å². The minimum absolute atomic E-state index is 0.211. The molecule has 0 amide bonds. The molecule has 1 atom stereocenters. The number of aromatic nitrogens is 4. The van der Waals surface area contributed by atoms with E-state index in [1.807, 2.05) is 31.5 Å². The number of likely N-dealkylation sites (tertiary alicyclic amines) is 1. The van der Waals surface area contributed by atoms with Gasteiger partial charge in [-0.3, -0.25) is 0 Å². The van der Waals surface area contributed by atoms with Crippen LogP contribution in [0.5, 0.6) is 5.75 Å². The molecule has 2 N–H and O–H groups in total. The summed E-state index contributed by atoms with van der Waals surface area (Å²) in [7, 11) is 1.65. The minimum Gasteiger partial charge on any atom is -0.496 e. The molecule has 0 saturated carbocycles. The largest absolute Gasteiger partial charge is 0.496 e. The molecule has 1 aromatic carbocycles. The van der Waals surface area contributed by atoms with Crippen LogP contribution in [0.3, 0.4) is 0 Å². The van der Waals surface area contributed by atoms with Gasteiger partial charge in [-0.25, -0.2) is 14.6 Å². The Balaban J connectivity index is 1.84. The van der Waals surface area contributed by atoms with Gasteiger partial charge in [-0.05, 0) is 26.8 Å². The lowest BCUT2D eigenvalue weighted by atomic mass is 9.87. The lowest BCUT2D eigenvalue weighted by Crippen LogP contribution is -2.43. The van der Waals surface area contributed by atoms with E-state index in [2.05, 4.69) is 26.5 Å². The molecule has 158 valence electrons. The number of aryl methyl sites for hydroxylation is 1. The van der Waals surface area contributed by atoms with Crippen LogP contribution in [-0.4, -0.2) is 44.8 Å². The third kappa shape index (κ3) is 3.17. The van der Waals surface area contributed by atoms with E-state index >= 15 is 0 Å². The Morgan fingerprint density at radius 3 is 2.67 bits per heavy atom. The topological polar surface area (TPSA) is 82.1 Å². The van der Waals surface area contributed by atoms with Crippen LogP contribution in [0.1, 0.15) is 42.6 Å². The average Bonchev–Trinajstić information content (AvgIpc) is 3.00. The fraction of sp³-hybridized carbons (Fsp3) is 0.381. The Kier molecular flexibility index (Phi) is 5.28. The number of methoxy groups -OCH3 is 1. The van der Waals surface area contributed by atoms with Crippen LogP contribution in [0.15, 0.2) is 24.7 Å². The van der Waals surface area contributed by atoms with Crippen molar-refractivity contribution < 1.29 is 4.74 Å². The lowest BCUT2D eigenvalue weighted by molar-refractivity contribution is 0.197. The Labute approximate surface area is 185 Å². The summed E-state index contributed by atoms with van der Waals surface area (Å²) < 4.78 is 7.70. The molecule has 1 aliphatic heterocycles. The number of fused-ring (bicyclic) bond motifs is 1. The van der Waals surface area contributed by atoms with E-state index in [-0.39, 0.29) is 12.0 Å². The van der Waals surface area contributed by atoms with Gasteiger partial charge in [0.2, 0.25) is 0 Å². The summed E-state index contributed by atoms with van der Waals surface area (Å²) in [5.74, 6) is 1.35. The molecule has 3 aromatic rings. The van der Waals surface area contributed by atoms with Crippen molar-refractivity contribution in [2.75, 3.05) is 25.9 Å². The molecule has 1 saturated heterocycles. The van der Waals surface area contributed by atoms with E-state index in [1.165, 1.54) is 6.33 Å². The fourth-order valence-electron chi connectivity index (χ4n) is 4.10. The van der Waals surface area contributed by atoms with Gasteiger partial charge in [0, 0.05) is 35.8 Å². The van der Waals surface area contributed by atoms with E-state index in [1.54, 1.807) is 7.11 Å². The molecule has 1 unspecified atom stereocenters. The zero-order valence-corrected chi connectivity index (χ0v) is 18.9. The van der Waals surface area contributed by atoms with Crippen molar-refractivity contribution in [3.63, 3.8) is 0 Å². The second-order valence-corrected chi connectivity index (χ2v) is 8.49. The van der Waals surface area contributed by atoms with Crippen molar-refractivity contribution in [3.05, 3.63) is 51.5 Å². The number of nitrogen functional groups attached to an aromatic ring is 1. The predicted octanol–water partition coefficient (Wildman–Crippen LogP) is 4.57. The number of allylic oxidation sites excluding steroid dienone is 1. The van der Waals surface area contributed by atoms with E-state index < -0.39 is 0 Å². The molecule has 0 spiro atoms. The maximum absolute atomic E-state index is 6.64. The summed E-state index contributed by atoms with van der Waals surface area (Å²) in [5, 5.41) is 6.45. The van der Waals surface area contributed by atoms with E-state index in [9.17, 15) is 0 Å². The number of nitrogens with two attached hydrogens (primary N) is 1. The first-order valence-electron chi connectivity index (χ1n) is 9.66. The molecule has 7 nitrogen and oxygen atoms in total. The third-order valence-electron chi connectivity index (χ3n) is 5.78. The van der Waals surface area contributed by atoms with Gasteiger partial charge >= 0.3 is 0 Å². The highest BCUT2D eigenvalue weighted by Gasteiger charge is 2.35. The number of benzene rings is 1. The van der Waals surface area contributed by atoms with Gasteiger partial charge < -0.3 is 15.4 Å². The summed E-state index contributed by atoms with van der Waals surface area (Å²) in [6, 6.07) is 1.63. The van der Waals surface area contributed by atoms with E-state index in [0.717, 1.165) is 46.7 Å². The zero-order valence-electron chi connectivity index (χ0n) is 17.4. The van der Waals surface area contributed by atoms with Crippen molar-refractivity contribution >= 4 is 40.1 Å². The summed E-state index contributed by atoms with van der Waals surface area (Å²) in [5.41, 5.74) is 10.3. The molecule has 0 bridgehead atoms. The molecule has 1 aliphatic rings. The normalized spacial score (nSPS) is 15.3. The molecular weight excluding hydrogens is 423 g/mol. The van der Waals surface area contributed by atoms with Crippen LogP contribution in [0, 0.1) is 6.92 Å². The van der Waals surface area contributed by atoms with Gasteiger partial charge in [-0.1, -0.05) is 29.8 Å². The number of ether oxygens (including phenoxy) is 1. The van der Waals surface area contributed by atoms with Crippen LogP contribution in [0.4, 0.5) is 5.82 Å². The minimum atomic E-state index is -0.212. The Bertz CT molecular complexity index is 1150. The fourth-order valence-corrected chi connectivity index (χ4v) is 4.61. The Hall–Kier alpha value is -2.51. The predicted molar refractivity (Wildman–Crippen MR) is 120 cm³/mol. The molecule has 0 aliphatic carbocycles. The molecule has 0 radical (unpaired) electrons. The smallest absolute Gasteiger partial charge is 0.164 e. The van der Waals surface area contributed by atoms with Gasteiger partial charge in [0.25, 0.3) is 0 Å². The van der Waals surface area contributed by atoms with Gasteiger partial charge in [0.15, 0.2) is 5.65 Å². The summed E-state index contributed by atoms with van der Waals surface area (Å²) >= 11 is 13.2. The molecule has 9 heteroatoms. The molecular formula is C21H24Cl2N6O. The van der Waals surface area contributed by atoms with Crippen LogP contribution in [0.25, 0.3) is 11.0 Å². The molecule has 3 heterocycles. The zero-order chi connectivity index (χ0) is 21.7. The molecule has 4 rings (SSSR count). The number of anilines is 1. The van der Waals surface area contributed by atoms with Crippen molar-refractivity contribution in [1.29, 1.82) is 0 Å². The average molecular weight is 447 g/mol. The first-order valence-corrected chi connectivity index (χ1v) is 10.4. The number of nitrogens with zero attached hydrogens (tertiary/aromatic N) is 5. The Morgan fingerprint density at radius 2 is 2.03 bits per heavy atom. The lowest BCUT2D eigenvalue weighted by Gasteiger charge is -2.42. The van der Waals surface area contributed by atoms with Crippen molar-refractivity contribution in [2.45, 2.75) is 32.7 Å². The van der Waals surface area contributed by atoms with E-state index in [0.29, 0.717) is 21.5 Å². The number of halogens is 2. The molecule has 2 aromatic heterocycles. The highest BCUT2D eigenvalue weighted by molar-refractivity contribution is 6.42. The van der Waals surface area contributed by atoms with Crippen molar-refractivity contribution in [2.24, 2.45) is 0 Å². The van der Waals surface area contributed by atoms with Gasteiger partial charge in [0.1, 0.15) is 17.9 Å². The number of hydrogen-bond acceptors (Lipinski definition) is 6. The first kappa shape index (κ1) is 20.8. The highest BCUT2D eigenvalue weighted by atomic mass is 35.5. The van der Waals surface area contributed by atoms with E-state index in [4.69, 9.17) is 33.7 Å². The van der Waals surface area contributed by atoms with Crippen LogP contribution in [-0.2, 0) is 0 Å². The highest BCUT2D eigenvalue weighted by Crippen LogP contribution is 2.46. The Morgan fingerprint density at radius 1 is 1.33 bits per heavy atom. The first-order chi connectivity index (χ1) is 14.2. The van der Waals surface area contributed by atoms with Gasteiger partial charge in [0.05, 0.1) is 34.3 Å². The summed E-state index contributed by atoms with van der Waals surface area (Å²) in [6.45, 7) is 11.6. The number of rotatable bonds is 5. The summed E-state index contributed by atoms with van der Waals surface area (Å²) in [4.78, 5) is 10.7. The standard InChI is InChI=1S/C21H24Cl2N6O/c1-10(2)28-7-13(8-28)17-18(23)15(22)6-14(19(17)30-5)12(4)29-21-16(11(3)27-29)20(24)25-9-26-21/h6,9,12-13H,1,7-8H2,2-5H3,(H2,24,25,26). The third-order valence-corrected chi connectivity index (χ3v) is 6.58. The maximum atomic E-state index is 6.64. The molecule has 1 fully saturated rings. The second-order valence-electron chi connectivity index (χ2n) is 7.71. The van der Waals surface area contributed by atoms with Crippen LogP contribution < -0.4 is 10.5 Å². The second kappa shape index (κ2) is 7.63. The number of hydrogen-bond donors (Lipinski definition) is 1. The van der Waals surface area contributed by atoms with Crippen LogP contribution in [0.2, 0.25) is 10.0 Å². The SMILES string of the molecule is C=C(C)N1CC(c2c(Cl)c(Cl)cc(C(C)n3nc(C)c4c(N)ncnc43)c2OC)C1. The van der Waals surface area contributed by atoms with Crippen molar-refractivity contribution in [1.82, 2.24) is 24.6 Å². The maximum Gasteiger partial charge on any atom is 0.164 e.